The molecule has 0 spiro atoms. The minimum Gasteiger partial charge on any atom is -0.502 e. The highest BCUT2D eigenvalue weighted by Crippen LogP contribution is 2.23. The summed E-state index contributed by atoms with van der Waals surface area (Å²) in [6.45, 7) is 4.54. The fourth-order valence-electron chi connectivity index (χ4n) is 4.06. The van der Waals surface area contributed by atoms with Crippen molar-refractivity contribution in [2.45, 2.75) is 18.9 Å². The second-order valence-electron chi connectivity index (χ2n) is 8.64. The smallest absolute Gasteiger partial charge is 0.312 e. The summed E-state index contributed by atoms with van der Waals surface area (Å²) >= 11 is 0. The maximum atomic E-state index is 11.8. The topological polar surface area (TPSA) is 134 Å². The van der Waals surface area contributed by atoms with Gasteiger partial charge in [-0.1, -0.05) is 36.1 Å². The van der Waals surface area contributed by atoms with Crippen LogP contribution in [0.4, 0.5) is 4.79 Å². The van der Waals surface area contributed by atoms with Crippen LogP contribution in [0.5, 0.6) is 5.75 Å². The zero-order valence-corrected chi connectivity index (χ0v) is 19.9. The van der Waals surface area contributed by atoms with Crippen molar-refractivity contribution in [3.05, 3.63) is 93.2 Å². The molecular formula is C27H29N5O4. The number of aromatic nitrogens is 2. The number of carbonyl (C=O) groups excluding carboxylic acids is 1. The van der Waals surface area contributed by atoms with Crippen molar-refractivity contribution in [2.75, 3.05) is 32.8 Å². The summed E-state index contributed by atoms with van der Waals surface area (Å²) in [5.41, 5.74) is 8.77. The van der Waals surface area contributed by atoms with Crippen molar-refractivity contribution in [2.24, 2.45) is 5.73 Å². The first-order valence-corrected chi connectivity index (χ1v) is 11.8. The molecule has 9 heteroatoms. The van der Waals surface area contributed by atoms with Gasteiger partial charge in [-0.2, -0.15) is 0 Å². The number of ether oxygens (including phenoxy) is 1. The molecule has 2 heterocycles. The summed E-state index contributed by atoms with van der Waals surface area (Å²) in [6, 6.07) is 15.3. The van der Waals surface area contributed by atoms with Gasteiger partial charge in [0.15, 0.2) is 0 Å². The van der Waals surface area contributed by atoms with Gasteiger partial charge in [-0.05, 0) is 41.8 Å². The molecule has 0 aliphatic carbocycles. The SMILES string of the molecule is NC(=O)NCC(Cc1ccc(C#Cc2ccc(CN3CCOCC3)cc2)cc1)c1nc[nH]c(=O)c1O. The zero-order chi connectivity index (χ0) is 25.3. The standard InChI is InChI=1S/C27H29N5O4/c28-27(35)29-16-23(24-25(33)26(34)31-18-30-24)15-21-7-3-19(4-8-21)1-2-20-5-9-22(10-6-20)17-32-11-13-36-14-12-32/h3-10,18,23,33H,11-17H2,(H3,28,29,35)(H,30,31,34). The van der Waals surface area contributed by atoms with Gasteiger partial charge < -0.3 is 25.9 Å². The maximum Gasteiger partial charge on any atom is 0.312 e. The monoisotopic (exact) mass is 487 g/mol. The van der Waals surface area contributed by atoms with Crippen molar-refractivity contribution in [1.82, 2.24) is 20.2 Å². The van der Waals surface area contributed by atoms with Crippen molar-refractivity contribution in [3.8, 4) is 17.6 Å². The Balaban J connectivity index is 1.40. The number of hydrogen-bond donors (Lipinski definition) is 4. The second-order valence-corrected chi connectivity index (χ2v) is 8.64. The molecule has 1 saturated heterocycles. The quantitative estimate of drug-likeness (QED) is 0.375. The molecule has 1 fully saturated rings. The number of nitrogens with two attached hydrogens (primary N) is 1. The predicted molar refractivity (Wildman–Crippen MR) is 136 cm³/mol. The third kappa shape index (κ3) is 6.95. The number of benzene rings is 2. The van der Waals surface area contributed by atoms with Crippen LogP contribution in [0.15, 0.2) is 59.7 Å². The number of nitrogens with one attached hydrogen (secondary N) is 2. The number of H-pyrrole nitrogens is 1. The summed E-state index contributed by atoms with van der Waals surface area (Å²) in [5, 5.41) is 12.7. The van der Waals surface area contributed by atoms with Crippen LogP contribution in [0.25, 0.3) is 0 Å². The average molecular weight is 488 g/mol. The highest BCUT2D eigenvalue weighted by molar-refractivity contribution is 5.71. The normalized spacial score (nSPS) is 14.4. The van der Waals surface area contributed by atoms with Gasteiger partial charge in [0, 0.05) is 43.2 Å². The average Bonchev–Trinajstić information content (AvgIpc) is 2.89. The maximum absolute atomic E-state index is 11.8. The largest absolute Gasteiger partial charge is 0.502 e. The first kappa shape index (κ1) is 25.0. The molecule has 4 rings (SSSR count). The lowest BCUT2D eigenvalue weighted by Gasteiger charge is -2.26. The van der Waals surface area contributed by atoms with Gasteiger partial charge in [0.2, 0.25) is 5.75 Å². The molecule has 1 unspecified atom stereocenters. The molecule has 1 aromatic heterocycles. The highest BCUT2D eigenvalue weighted by atomic mass is 16.5. The fourth-order valence-corrected chi connectivity index (χ4v) is 4.06. The Kier molecular flexibility index (Phi) is 8.34. The minimum atomic E-state index is -0.691. The van der Waals surface area contributed by atoms with Gasteiger partial charge in [0.1, 0.15) is 0 Å². The van der Waals surface area contributed by atoms with E-state index in [-0.39, 0.29) is 12.2 Å². The van der Waals surface area contributed by atoms with Crippen molar-refractivity contribution in [3.63, 3.8) is 0 Å². The van der Waals surface area contributed by atoms with E-state index in [1.807, 2.05) is 36.4 Å². The van der Waals surface area contributed by atoms with Crippen LogP contribution in [-0.2, 0) is 17.7 Å². The third-order valence-electron chi connectivity index (χ3n) is 6.02. The van der Waals surface area contributed by atoms with Crippen LogP contribution < -0.4 is 16.6 Å². The molecule has 1 aliphatic rings. The second kappa shape index (κ2) is 12.0. The van der Waals surface area contributed by atoms with Crippen LogP contribution in [-0.4, -0.2) is 58.9 Å². The van der Waals surface area contributed by atoms with Gasteiger partial charge in [-0.15, -0.1) is 0 Å². The lowest BCUT2D eigenvalue weighted by molar-refractivity contribution is 0.0342. The molecule has 1 aliphatic heterocycles. The fraction of sp³-hybridized carbons (Fsp3) is 0.296. The van der Waals surface area contributed by atoms with E-state index in [1.165, 1.54) is 11.9 Å². The van der Waals surface area contributed by atoms with E-state index in [2.05, 4.69) is 44.2 Å². The van der Waals surface area contributed by atoms with E-state index in [0.29, 0.717) is 6.42 Å². The number of aromatic hydroxyl groups is 1. The van der Waals surface area contributed by atoms with Crippen LogP contribution in [0.2, 0.25) is 0 Å². The number of urea groups is 1. The van der Waals surface area contributed by atoms with E-state index in [0.717, 1.165) is 49.5 Å². The Morgan fingerprint density at radius 2 is 1.69 bits per heavy atom. The Morgan fingerprint density at radius 1 is 1.08 bits per heavy atom. The number of nitrogens with zero attached hydrogens (tertiary/aromatic N) is 2. The molecule has 9 nitrogen and oxygen atoms in total. The molecule has 1 atom stereocenters. The van der Waals surface area contributed by atoms with Crippen LogP contribution in [0.3, 0.4) is 0 Å². The van der Waals surface area contributed by atoms with E-state index in [9.17, 15) is 14.7 Å². The predicted octanol–water partition coefficient (Wildman–Crippen LogP) is 1.70. The number of rotatable bonds is 7. The molecule has 36 heavy (non-hydrogen) atoms. The van der Waals surface area contributed by atoms with Gasteiger partial charge in [-0.3, -0.25) is 9.69 Å². The lowest BCUT2D eigenvalue weighted by atomic mass is 9.94. The number of hydrogen-bond acceptors (Lipinski definition) is 6. The summed E-state index contributed by atoms with van der Waals surface area (Å²) in [4.78, 5) is 31.8. The molecule has 5 N–H and O–H groups in total. The van der Waals surface area contributed by atoms with Crippen LogP contribution >= 0.6 is 0 Å². The van der Waals surface area contributed by atoms with Gasteiger partial charge >= 0.3 is 6.03 Å². The minimum absolute atomic E-state index is 0.127. The van der Waals surface area contributed by atoms with Crippen molar-refractivity contribution < 1.29 is 14.6 Å². The summed E-state index contributed by atoms with van der Waals surface area (Å²) < 4.78 is 5.40. The van der Waals surface area contributed by atoms with E-state index >= 15 is 0 Å². The summed E-state index contributed by atoms with van der Waals surface area (Å²) in [5.74, 6) is 5.48. The van der Waals surface area contributed by atoms with E-state index < -0.39 is 23.3 Å². The van der Waals surface area contributed by atoms with Crippen LogP contribution in [0, 0.1) is 11.8 Å². The molecule has 0 radical (unpaired) electrons. The first-order valence-electron chi connectivity index (χ1n) is 11.8. The first-order chi connectivity index (χ1) is 17.5. The molecule has 2 amide bonds. The lowest BCUT2D eigenvalue weighted by Crippen LogP contribution is -2.35. The van der Waals surface area contributed by atoms with Gasteiger partial charge in [0.05, 0.1) is 25.2 Å². The Labute approximate surface area is 209 Å². The zero-order valence-electron chi connectivity index (χ0n) is 19.9. The Hall–Kier alpha value is -4.13. The van der Waals surface area contributed by atoms with Gasteiger partial charge in [-0.25, -0.2) is 9.78 Å². The molecule has 3 aromatic rings. The Bertz CT molecular complexity index is 1290. The van der Waals surface area contributed by atoms with Crippen LogP contribution in [0.1, 0.15) is 33.9 Å². The number of aromatic amines is 1. The third-order valence-corrected chi connectivity index (χ3v) is 6.02. The number of morpholine rings is 1. The Morgan fingerprint density at radius 3 is 2.31 bits per heavy atom. The van der Waals surface area contributed by atoms with Crippen molar-refractivity contribution >= 4 is 6.03 Å². The highest BCUT2D eigenvalue weighted by Gasteiger charge is 2.20. The van der Waals surface area contributed by atoms with E-state index in [1.54, 1.807) is 0 Å². The number of carbonyl (C=O) groups is 1. The van der Waals surface area contributed by atoms with Crippen molar-refractivity contribution in [1.29, 1.82) is 0 Å². The number of amides is 2. The molecule has 0 saturated carbocycles. The summed E-state index contributed by atoms with van der Waals surface area (Å²) in [7, 11) is 0. The number of primary amides is 1. The summed E-state index contributed by atoms with van der Waals surface area (Å²) in [6.07, 6.45) is 1.66. The molecule has 2 aromatic carbocycles. The molecular weight excluding hydrogens is 458 g/mol. The van der Waals surface area contributed by atoms with E-state index in [4.69, 9.17) is 10.5 Å². The molecule has 0 bridgehead atoms. The van der Waals surface area contributed by atoms with Gasteiger partial charge in [0.25, 0.3) is 5.56 Å². The molecule has 186 valence electrons.